The Labute approximate surface area is 179 Å². The fourth-order valence-corrected chi connectivity index (χ4v) is 4.59. The van der Waals surface area contributed by atoms with Crippen LogP contribution in [0.1, 0.15) is 70.0 Å². The first-order valence-corrected chi connectivity index (χ1v) is 11.7. The molecule has 1 aromatic heterocycles. The maximum Gasteiger partial charge on any atom is 0.221 e. The minimum absolute atomic E-state index is 0.0449. The lowest BCUT2D eigenvalue weighted by Gasteiger charge is -2.30. The first-order valence-electron chi connectivity index (χ1n) is 10.6. The predicted octanol–water partition coefficient (Wildman–Crippen LogP) is 6.14. The lowest BCUT2D eigenvalue weighted by Crippen LogP contribution is -2.21. The highest BCUT2D eigenvalue weighted by molar-refractivity contribution is 8.01. The highest BCUT2D eigenvalue weighted by Gasteiger charge is 2.26. The van der Waals surface area contributed by atoms with Crippen LogP contribution >= 0.6 is 11.8 Å². The Morgan fingerprint density at radius 1 is 1.31 bits per heavy atom. The van der Waals surface area contributed by atoms with E-state index in [9.17, 15) is 4.79 Å². The van der Waals surface area contributed by atoms with E-state index in [-0.39, 0.29) is 5.91 Å². The van der Waals surface area contributed by atoms with Crippen molar-refractivity contribution in [2.75, 3.05) is 11.1 Å². The molecule has 1 aliphatic heterocycles. The van der Waals surface area contributed by atoms with Crippen molar-refractivity contribution in [2.45, 2.75) is 64.2 Å². The number of carbonyl (C=O) groups is 1. The molecule has 29 heavy (non-hydrogen) atoms. The third-order valence-corrected chi connectivity index (χ3v) is 7.35. The van der Waals surface area contributed by atoms with Gasteiger partial charge in [0, 0.05) is 30.1 Å². The Balaban J connectivity index is 1.51. The van der Waals surface area contributed by atoms with Crippen LogP contribution in [0.2, 0.25) is 0 Å². The molecule has 1 aliphatic rings. The molecular formula is C24H33N3OS. The molecule has 4 unspecified atom stereocenters. The number of rotatable bonds is 9. The number of hydrogen-bond donors (Lipinski definition) is 1. The molecule has 2 heterocycles. The third kappa shape index (κ3) is 5.99. The van der Waals surface area contributed by atoms with E-state index < -0.39 is 0 Å². The standard InChI is InChI=1S/C24H33N3OS/c1-17(10-12-21-7-5-6-8-23(21)26-20(4)28)9-11-18(2)27-16-22(15-25-27)19(3)24-13-14-29-24/h5-8,10,12,15-19,24H,9,11,13-14H2,1-4H3,(H,26,28)/b12-10+. The number of amides is 1. The number of thioether (sulfide) groups is 1. The number of anilines is 1. The molecule has 0 spiro atoms. The Bertz CT molecular complexity index is 840. The third-order valence-electron chi connectivity index (χ3n) is 5.81. The van der Waals surface area contributed by atoms with Gasteiger partial charge in [-0.1, -0.05) is 44.2 Å². The van der Waals surface area contributed by atoms with E-state index in [1.165, 1.54) is 24.7 Å². The molecule has 2 aromatic rings. The SMILES string of the molecule is CC(=O)Nc1ccccc1/C=C/C(C)CCC(C)n1cc(C(C)C2CCS2)cn1. The lowest BCUT2D eigenvalue weighted by molar-refractivity contribution is -0.114. The number of aromatic nitrogens is 2. The summed E-state index contributed by atoms with van der Waals surface area (Å²) >= 11 is 2.08. The summed E-state index contributed by atoms with van der Waals surface area (Å²) in [5.74, 6) is 2.32. The van der Waals surface area contributed by atoms with Crippen molar-refractivity contribution in [3.05, 3.63) is 53.9 Å². The predicted molar refractivity (Wildman–Crippen MR) is 124 cm³/mol. The number of nitrogens with one attached hydrogen (secondary N) is 1. The van der Waals surface area contributed by atoms with Gasteiger partial charge in [0.25, 0.3) is 0 Å². The normalized spacial score (nSPS) is 19.5. The molecule has 1 fully saturated rings. The summed E-state index contributed by atoms with van der Waals surface area (Å²) in [6.45, 7) is 8.36. The number of benzene rings is 1. The molecule has 0 bridgehead atoms. The number of carbonyl (C=O) groups excluding carboxylic acids is 1. The number of hydrogen-bond acceptors (Lipinski definition) is 3. The van der Waals surface area contributed by atoms with Gasteiger partial charge in [-0.25, -0.2) is 0 Å². The zero-order valence-corrected chi connectivity index (χ0v) is 18.8. The van der Waals surface area contributed by atoms with E-state index in [0.717, 1.165) is 29.3 Å². The van der Waals surface area contributed by atoms with Gasteiger partial charge in [-0.2, -0.15) is 16.9 Å². The van der Waals surface area contributed by atoms with Crippen LogP contribution in [0.4, 0.5) is 5.69 Å². The first kappa shape index (κ1) is 21.7. The van der Waals surface area contributed by atoms with Gasteiger partial charge in [-0.15, -0.1) is 0 Å². The summed E-state index contributed by atoms with van der Waals surface area (Å²) in [5.41, 5.74) is 3.28. The Hall–Kier alpha value is -2.01. The molecule has 5 heteroatoms. The molecule has 1 saturated heterocycles. The molecule has 1 N–H and O–H groups in total. The maximum absolute atomic E-state index is 11.4. The average molecular weight is 412 g/mol. The second-order valence-corrected chi connectivity index (χ2v) is 9.62. The summed E-state index contributed by atoms with van der Waals surface area (Å²) in [5, 5.41) is 8.30. The minimum Gasteiger partial charge on any atom is -0.326 e. The second-order valence-electron chi connectivity index (χ2n) is 8.27. The lowest BCUT2D eigenvalue weighted by atomic mass is 9.98. The zero-order valence-electron chi connectivity index (χ0n) is 18.0. The van der Waals surface area contributed by atoms with Gasteiger partial charge < -0.3 is 5.32 Å². The van der Waals surface area contributed by atoms with Crippen molar-refractivity contribution in [2.24, 2.45) is 5.92 Å². The quantitative estimate of drug-likeness (QED) is 0.539. The summed E-state index contributed by atoms with van der Waals surface area (Å²) in [6.07, 6.45) is 12.2. The van der Waals surface area contributed by atoms with E-state index in [2.05, 4.69) is 72.2 Å². The smallest absolute Gasteiger partial charge is 0.221 e. The molecule has 0 radical (unpaired) electrons. The molecule has 4 atom stereocenters. The van der Waals surface area contributed by atoms with Crippen molar-refractivity contribution in [3.63, 3.8) is 0 Å². The molecule has 1 amide bonds. The van der Waals surface area contributed by atoms with Crippen LogP contribution in [0.5, 0.6) is 0 Å². The van der Waals surface area contributed by atoms with Gasteiger partial charge in [0.1, 0.15) is 0 Å². The Kier molecular flexibility index (Phi) is 7.59. The van der Waals surface area contributed by atoms with Gasteiger partial charge in [0.05, 0.1) is 6.20 Å². The average Bonchev–Trinajstić information content (AvgIpc) is 3.14. The summed E-state index contributed by atoms with van der Waals surface area (Å²) in [4.78, 5) is 11.4. The second kappa shape index (κ2) is 10.1. The molecule has 156 valence electrons. The monoisotopic (exact) mass is 411 g/mol. The first-order chi connectivity index (χ1) is 13.9. The van der Waals surface area contributed by atoms with E-state index in [4.69, 9.17) is 0 Å². The molecule has 0 saturated carbocycles. The van der Waals surface area contributed by atoms with E-state index in [0.29, 0.717) is 17.9 Å². The van der Waals surface area contributed by atoms with Crippen molar-refractivity contribution in [1.82, 2.24) is 9.78 Å². The van der Waals surface area contributed by atoms with Gasteiger partial charge in [0.2, 0.25) is 5.91 Å². The summed E-state index contributed by atoms with van der Waals surface area (Å²) < 4.78 is 2.14. The van der Waals surface area contributed by atoms with Crippen LogP contribution < -0.4 is 5.32 Å². The van der Waals surface area contributed by atoms with Crippen molar-refractivity contribution in [3.8, 4) is 0 Å². The van der Waals surface area contributed by atoms with Gasteiger partial charge in [-0.3, -0.25) is 9.48 Å². The van der Waals surface area contributed by atoms with Crippen LogP contribution in [0.3, 0.4) is 0 Å². The summed E-state index contributed by atoms with van der Waals surface area (Å²) in [7, 11) is 0. The van der Waals surface area contributed by atoms with Crippen molar-refractivity contribution >= 4 is 29.4 Å². The van der Waals surface area contributed by atoms with Gasteiger partial charge >= 0.3 is 0 Å². The van der Waals surface area contributed by atoms with Gasteiger partial charge in [0.15, 0.2) is 0 Å². The maximum atomic E-state index is 11.4. The zero-order chi connectivity index (χ0) is 20.8. The van der Waals surface area contributed by atoms with Crippen LogP contribution in [0, 0.1) is 5.92 Å². The van der Waals surface area contributed by atoms with E-state index >= 15 is 0 Å². The van der Waals surface area contributed by atoms with Crippen LogP contribution in [-0.2, 0) is 4.79 Å². The minimum atomic E-state index is -0.0449. The highest BCUT2D eigenvalue weighted by Crippen LogP contribution is 2.39. The summed E-state index contributed by atoms with van der Waals surface area (Å²) in [6, 6.07) is 8.30. The number of allylic oxidation sites excluding steroid dienone is 1. The number of nitrogens with zero attached hydrogens (tertiary/aromatic N) is 2. The van der Waals surface area contributed by atoms with Crippen LogP contribution in [0.25, 0.3) is 6.08 Å². The van der Waals surface area contributed by atoms with Crippen molar-refractivity contribution < 1.29 is 4.79 Å². The van der Waals surface area contributed by atoms with E-state index in [1.807, 2.05) is 24.3 Å². The van der Waals surface area contributed by atoms with Crippen molar-refractivity contribution in [1.29, 1.82) is 0 Å². The van der Waals surface area contributed by atoms with Crippen LogP contribution in [-0.4, -0.2) is 26.7 Å². The molecular weight excluding hydrogens is 378 g/mol. The van der Waals surface area contributed by atoms with Gasteiger partial charge in [-0.05, 0) is 61.0 Å². The Morgan fingerprint density at radius 3 is 2.76 bits per heavy atom. The fourth-order valence-electron chi connectivity index (χ4n) is 3.64. The molecule has 4 nitrogen and oxygen atoms in total. The fraction of sp³-hybridized carbons (Fsp3) is 0.500. The highest BCUT2D eigenvalue weighted by atomic mass is 32.2. The molecule has 1 aromatic carbocycles. The largest absolute Gasteiger partial charge is 0.326 e. The van der Waals surface area contributed by atoms with Crippen LogP contribution in [0.15, 0.2) is 42.7 Å². The topological polar surface area (TPSA) is 46.9 Å². The molecule has 3 rings (SSSR count). The van der Waals surface area contributed by atoms with E-state index in [1.54, 1.807) is 0 Å². The Morgan fingerprint density at radius 2 is 2.07 bits per heavy atom. The number of para-hydroxylation sites is 1. The molecule has 0 aliphatic carbocycles.